The fraction of sp³-hybridized carbons (Fsp3) is 0.467. The van der Waals surface area contributed by atoms with Crippen molar-refractivity contribution < 1.29 is 14.7 Å². The first-order valence-electron chi connectivity index (χ1n) is 6.94. The second kappa shape index (κ2) is 6.91. The van der Waals surface area contributed by atoms with E-state index in [1.807, 2.05) is 11.8 Å². The Kier molecular flexibility index (Phi) is 5.20. The number of carboxylic acids is 1. The van der Waals surface area contributed by atoms with Crippen LogP contribution < -0.4 is 5.32 Å². The van der Waals surface area contributed by atoms with Gasteiger partial charge in [-0.1, -0.05) is 24.6 Å². The minimum absolute atomic E-state index is 0.157. The van der Waals surface area contributed by atoms with Crippen molar-refractivity contribution in [1.82, 2.24) is 4.90 Å². The summed E-state index contributed by atoms with van der Waals surface area (Å²) in [4.78, 5) is 25.0. The molecule has 2 atom stereocenters. The third-order valence-electron chi connectivity index (χ3n) is 3.56. The van der Waals surface area contributed by atoms with Crippen molar-refractivity contribution in [3.63, 3.8) is 0 Å². The molecular weight excluding hydrogens is 292 g/mol. The summed E-state index contributed by atoms with van der Waals surface area (Å²) in [6.45, 7) is 3.37. The number of anilines is 1. The van der Waals surface area contributed by atoms with Crippen LogP contribution in [-0.2, 0) is 9.59 Å². The van der Waals surface area contributed by atoms with Gasteiger partial charge in [-0.15, -0.1) is 0 Å². The maximum absolute atomic E-state index is 12.0. The van der Waals surface area contributed by atoms with Gasteiger partial charge < -0.3 is 10.4 Å². The number of carbonyl (C=O) groups excluding carboxylic acids is 1. The number of nitrogens with zero attached hydrogens (tertiary/aromatic N) is 1. The van der Waals surface area contributed by atoms with Crippen LogP contribution in [0.25, 0.3) is 0 Å². The van der Waals surface area contributed by atoms with E-state index in [0.717, 1.165) is 6.54 Å². The van der Waals surface area contributed by atoms with Gasteiger partial charge in [-0.3, -0.25) is 14.5 Å². The van der Waals surface area contributed by atoms with Crippen LogP contribution in [0.15, 0.2) is 24.3 Å². The Bertz CT molecular complexity index is 535. The van der Waals surface area contributed by atoms with E-state index in [1.54, 1.807) is 24.3 Å². The third-order valence-corrected chi connectivity index (χ3v) is 3.80. The number of benzene rings is 1. The Morgan fingerprint density at radius 3 is 2.86 bits per heavy atom. The van der Waals surface area contributed by atoms with Crippen LogP contribution in [-0.4, -0.2) is 41.5 Å². The molecule has 1 aliphatic heterocycles. The quantitative estimate of drug-likeness (QED) is 0.895. The SMILES string of the molecule is CC1CC(C(=O)O)CN(CC(=O)Nc2cccc(Cl)c2)C1. The average Bonchev–Trinajstić information content (AvgIpc) is 2.37. The van der Waals surface area contributed by atoms with Gasteiger partial charge in [0.25, 0.3) is 0 Å². The van der Waals surface area contributed by atoms with Gasteiger partial charge in [0, 0.05) is 23.8 Å². The third kappa shape index (κ3) is 4.72. The number of carboxylic acid groups (broad SMARTS) is 1. The normalized spacial score (nSPS) is 22.8. The molecule has 1 aromatic carbocycles. The fourth-order valence-electron chi connectivity index (χ4n) is 2.74. The Labute approximate surface area is 128 Å². The van der Waals surface area contributed by atoms with E-state index in [4.69, 9.17) is 16.7 Å². The molecule has 0 aliphatic carbocycles. The number of hydrogen-bond acceptors (Lipinski definition) is 3. The number of carbonyl (C=O) groups is 2. The van der Waals surface area contributed by atoms with Crippen LogP contribution in [0.2, 0.25) is 5.02 Å². The highest BCUT2D eigenvalue weighted by Gasteiger charge is 2.30. The number of hydrogen-bond donors (Lipinski definition) is 2. The number of halogens is 1. The Morgan fingerprint density at radius 1 is 1.43 bits per heavy atom. The molecular formula is C15H19ClN2O3. The van der Waals surface area contributed by atoms with Gasteiger partial charge in [0.2, 0.25) is 5.91 Å². The topological polar surface area (TPSA) is 69.6 Å². The van der Waals surface area contributed by atoms with Gasteiger partial charge in [-0.05, 0) is 30.5 Å². The van der Waals surface area contributed by atoms with E-state index >= 15 is 0 Å². The van der Waals surface area contributed by atoms with Crippen molar-refractivity contribution in [2.75, 3.05) is 25.0 Å². The Hall–Kier alpha value is -1.59. The summed E-state index contributed by atoms with van der Waals surface area (Å²) in [7, 11) is 0. The van der Waals surface area contributed by atoms with Crippen LogP contribution in [0.4, 0.5) is 5.69 Å². The standard InChI is InChI=1S/C15H19ClN2O3/c1-10-5-11(15(20)21)8-18(7-10)9-14(19)17-13-4-2-3-12(16)6-13/h2-4,6,10-11H,5,7-9H2,1H3,(H,17,19)(H,20,21). The molecule has 2 N–H and O–H groups in total. The van der Waals surface area contributed by atoms with E-state index in [-0.39, 0.29) is 18.4 Å². The molecule has 21 heavy (non-hydrogen) atoms. The number of likely N-dealkylation sites (tertiary alicyclic amines) is 1. The van der Waals surface area contributed by atoms with Gasteiger partial charge >= 0.3 is 5.97 Å². The fourth-order valence-corrected chi connectivity index (χ4v) is 2.93. The highest BCUT2D eigenvalue weighted by molar-refractivity contribution is 6.30. The van der Waals surface area contributed by atoms with Gasteiger partial charge in [-0.2, -0.15) is 0 Å². The molecule has 2 rings (SSSR count). The summed E-state index contributed by atoms with van der Waals surface area (Å²) in [5.74, 6) is -1.07. The first kappa shape index (κ1) is 15.8. The maximum Gasteiger partial charge on any atom is 0.307 e. The highest BCUT2D eigenvalue weighted by atomic mass is 35.5. The molecule has 6 heteroatoms. The molecule has 0 radical (unpaired) electrons. The molecule has 0 bridgehead atoms. The second-order valence-electron chi connectivity index (χ2n) is 5.63. The van der Waals surface area contributed by atoms with E-state index in [1.165, 1.54) is 0 Å². The Morgan fingerprint density at radius 2 is 2.19 bits per heavy atom. The smallest absolute Gasteiger partial charge is 0.307 e. The lowest BCUT2D eigenvalue weighted by molar-refractivity contribution is -0.144. The predicted octanol–water partition coefficient (Wildman–Crippen LogP) is 2.32. The summed E-state index contributed by atoms with van der Waals surface area (Å²) in [6, 6.07) is 6.95. The van der Waals surface area contributed by atoms with Crippen molar-refractivity contribution >= 4 is 29.2 Å². The van der Waals surface area contributed by atoms with E-state index in [9.17, 15) is 9.59 Å². The number of rotatable bonds is 4. The second-order valence-corrected chi connectivity index (χ2v) is 6.07. The average molecular weight is 311 g/mol. The maximum atomic E-state index is 12.0. The molecule has 114 valence electrons. The van der Waals surface area contributed by atoms with Crippen LogP contribution in [0.3, 0.4) is 0 Å². The summed E-state index contributed by atoms with van der Waals surface area (Å²) < 4.78 is 0. The lowest BCUT2D eigenvalue weighted by atomic mass is 9.90. The lowest BCUT2D eigenvalue weighted by Gasteiger charge is -2.34. The zero-order chi connectivity index (χ0) is 15.4. The molecule has 1 heterocycles. The van der Waals surface area contributed by atoms with E-state index in [2.05, 4.69) is 5.32 Å². The number of piperidine rings is 1. The van der Waals surface area contributed by atoms with Crippen LogP contribution >= 0.6 is 11.6 Å². The largest absolute Gasteiger partial charge is 0.481 e. The minimum Gasteiger partial charge on any atom is -0.481 e. The van der Waals surface area contributed by atoms with Gasteiger partial charge in [0.15, 0.2) is 0 Å². The molecule has 2 unspecified atom stereocenters. The molecule has 1 aromatic rings. The predicted molar refractivity (Wildman–Crippen MR) is 81.4 cm³/mol. The number of nitrogens with one attached hydrogen (secondary N) is 1. The first-order chi connectivity index (χ1) is 9.94. The number of aliphatic carboxylic acids is 1. The Balaban J connectivity index is 1.91. The van der Waals surface area contributed by atoms with Crippen molar-refractivity contribution in [2.24, 2.45) is 11.8 Å². The van der Waals surface area contributed by atoms with Gasteiger partial charge in [0.1, 0.15) is 0 Å². The molecule has 1 amide bonds. The zero-order valence-electron chi connectivity index (χ0n) is 11.9. The summed E-state index contributed by atoms with van der Waals surface area (Å²) in [5, 5.41) is 12.5. The van der Waals surface area contributed by atoms with E-state index < -0.39 is 11.9 Å². The first-order valence-corrected chi connectivity index (χ1v) is 7.32. The van der Waals surface area contributed by atoms with Crippen LogP contribution in [0.5, 0.6) is 0 Å². The van der Waals surface area contributed by atoms with Crippen LogP contribution in [0, 0.1) is 11.8 Å². The van der Waals surface area contributed by atoms with Crippen molar-refractivity contribution in [3.8, 4) is 0 Å². The summed E-state index contributed by atoms with van der Waals surface area (Å²) in [6.07, 6.45) is 0.668. The number of amides is 1. The van der Waals surface area contributed by atoms with E-state index in [0.29, 0.717) is 23.7 Å². The molecule has 1 aliphatic rings. The molecule has 5 nitrogen and oxygen atoms in total. The molecule has 0 saturated carbocycles. The molecule has 0 spiro atoms. The minimum atomic E-state index is -0.790. The van der Waals surface area contributed by atoms with Crippen molar-refractivity contribution in [3.05, 3.63) is 29.3 Å². The molecule has 0 aromatic heterocycles. The van der Waals surface area contributed by atoms with Gasteiger partial charge in [-0.25, -0.2) is 0 Å². The summed E-state index contributed by atoms with van der Waals surface area (Å²) in [5.41, 5.74) is 0.646. The van der Waals surface area contributed by atoms with Crippen LogP contribution in [0.1, 0.15) is 13.3 Å². The highest BCUT2D eigenvalue weighted by Crippen LogP contribution is 2.22. The molecule has 1 fully saturated rings. The zero-order valence-corrected chi connectivity index (χ0v) is 12.6. The monoisotopic (exact) mass is 310 g/mol. The van der Waals surface area contributed by atoms with Crippen molar-refractivity contribution in [2.45, 2.75) is 13.3 Å². The summed E-state index contributed by atoms with van der Waals surface area (Å²) >= 11 is 5.87. The van der Waals surface area contributed by atoms with Gasteiger partial charge in [0.05, 0.1) is 12.5 Å². The lowest BCUT2D eigenvalue weighted by Crippen LogP contribution is -2.45. The van der Waals surface area contributed by atoms with Crippen molar-refractivity contribution in [1.29, 1.82) is 0 Å². The molecule has 1 saturated heterocycles.